The Morgan fingerprint density at radius 1 is 1.42 bits per heavy atom. The topological polar surface area (TPSA) is 60.9 Å². The molecular formula is C14H24N2O3. The van der Waals surface area contributed by atoms with Crippen LogP contribution in [0.15, 0.2) is 11.8 Å². The molecule has 0 aromatic heterocycles. The van der Waals surface area contributed by atoms with Gasteiger partial charge in [0, 0.05) is 12.2 Å². The SMILES string of the molecule is CCN(C(=O)CN(C)C(C)C(=O)O)C1=CCCCC1. The van der Waals surface area contributed by atoms with Crippen molar-refractivity contribution in [3.8, 4) is 0 Å². The van der Waals surface area contributed by atoms with Crippen LogP contribution in [0.4, 0.5) is 0 Å². The second kappa shape index (κ2) is 7.28. The van der Waals surface area contributed by atoms with Gasteiger partial charge in [-0.05, 0) is 46.6 Å². The Kier molecular flexibility index (Phi) is 6.02. The molecule has 0 bridgehead atoms. The van der Waals surface area contributed by atoms with Gasteiger partial charge in [-0.2, -0.15) is 0 Å². The van der Waals surface area contributed by atoms with Crippen LogP contribution in [-0.2, 0) is 9.59 Å². The second-order valence-corrected chi connectivity index (χ2v) is 5.01. The average molecular weight is 268 g/mol. The maximum atomic E-state index is 12.3. The van der Waals surface area contributed by atoms with E-state index in [1.165, 1.54) is 6.42 Å². The zero-order valence-electron chi connectivity index (χ0n) is 12.1. The highest BCUT2D eigenvalue weighted by molar-refractivity contribution is 5.81. The first-order valence-corrected chi connectivity index (χ1v) is 6.89. The number of hydrogen-bond acceptors (Lipinski definition) is 3. The molecule has 1 aliphatic rings. The normalized spacial score (nSPS) is 16.9. The van der Waals surface area contributed by atoms with Crippen molar-refractivity contribution in [1.29, 1.82) is 0 Å². The Morgan fingerprint density at radius 3 is 2.58 bits per heavy atom. The van der Waals surface area contributed by atoms with Crippen molar-refractivity contribution in [3.05, 3.63) is 11.8 Å². The lowest BCUT2D eigenvalue weighted by atomic mass is 10.0. The van der Waals surface area contributed by atoms with Crippen molar-refractivity contribution < 1.29 is 14.7 Å². The molecule has 108 valence electrons. The number of hydrogen-bond donors (Lipinski definition) is 1. The van der Waals surface area contributed by atoms with E-state index in [2.05, 4.69) is 6.08 Å². The Balaban J connectivity index is 2.64. The maximum absolute atomic E-state index is 12.3. The first-order chi connectivity index (χ1) is 8.97. The summed E-state index contributed by atoms with van der Waals surface area (Å²) in [5.41, 5.74) is 1.09. The molecule has 0 aromatic rings. The molecule has 0 radical (unpaired) electrons. The van der Waals surface area contributed by atoms with Gasteiger partial charge in [-0.3, -0.25) is 14.5 Å². The van der Waals surface area contributed by atoms with E-state index < -0.39 is 12.0 Å². The molecule has 0 heterocycles. The quantitative estimate of drug-likeness (QED) is 0.796. The van der Waals surface area contributed by atoms with Crippen LogP contribution in [0.25, 0.3) is 0 Å². The van der Waals surface area contributed by atoms with Crippen LogP contribution in [0, 0.1) is 0 Å². The van der Waals surface area contributed by atoms with E-state index in [4.69, 9.17) is 5.11 Å². The van der Waals surface area contributed by atoms with Gasteiger partial charge in [0.25, 0.3) is 0 Å². The molecule has 1 unspecified atom stereocenters. The fourth-order valence-electron chi connectivity index (χ4n) is 2.23. The summed E-state index contributed by atoms with van der Waals surface area (Å²) in [7, 11) is 1.67. The molecule has 0 fully saturated rings. The van der Waals surface area contributed by atoms with Gasteiger partial charge in [-0.25, -0.2) is 0 Å². The van der Waals surface area contributed by atoms with Crippen LogP contribution in [-0.4, -0.2) is 53.0 Å². The minimum atomic E-state index is -0.907. The third-order valence-electron chi connectivity index (χ3n) is 3.63. The van der Waals surface area contributed by atoms with Crippen LogP contribution >= 0.6 is 0 Å². The van der Waals surface area contributed by atoms with Crippen LogP contribution in [0.5, 0.6) is 0 Å². The number of carboxylic acid groups (broad SMARTS) is 1. The zero-order chi connectivity index (χ0) is 14.4. The summed E-state index contributed by atoms with van der Waals surface area (Å²) in [5, 5.41) is 8.93. The number of carbonyl (C=O) groups is 2. The number of nitrogens with zero attached hydrogens (tertiary/aromatic N) is 2. The molecule has 0 spiro atoms. The molecule has 1 rings (SSSR count). The summed E-state index contributed by atoms with van der Waals surface area (Å²) in [4.78, 5) is 26.5. The van der Waals surface area contributed by atoms with E-state index in [0.717, 1.165) is 25.0 Å². The number of carbonyl (C=O) groups excluding carboxylic acids is 1. The lowest BCUT2D eigenvalue weighted by Crippen LogP contribution is -2.44. The van der Waals surface area contributed by atoms with Crippen LogP contribution in [0.1, 0.15) is 39.5 Å². The standard InChI is InChI=1S/C14H24N2O3/c1-4-16(12-8-6-5-7-9-12)13(17)10-15(3)11(2)14(18)19/h8,11H,4-7,9-10H2,1-3H3,(H,18,19). The molecule has 1 amide bonds. The van der Waals surface area contributed by atoms with Gasteiger partial charge in [0.2, 0.25) is 5.91 Å². The minimum Gasteiger partial charge on any atom is -0.480 e. The Hall–Kier alpha value is -1.36. The van der Waals surface area contributed by atoms with Crippen molar-refractivity contribution >= 4 is 11.9 Å². The molecule has 0 aliphatic heterocycles. The first-order valence-electron chi connectivity index (χ1n) is 6.89. The highest BCUT2D eigenvalue weighted by atomic mass is 16.4. The van der Waals surface area contributed by atoms with Crippen LogP contribution < -0.4 is 0 Å². The fourth-order valence-corrected chi connectivity index (χ4v) is 2.23. The summed E-state index contributed by atoms with van der Waals surface area (Å²) in [6.45, 7) is 4.32. The van der Waals surface area contributed by atoms with E-state index >= 15 is 0 Å². The third kappa shape index (κ3) is 4.35. The van der Waals surface area contributed by atoms with Gasteiger partial charge in [0.1, 0.15) is 6.04 Å². The Morgan fingerprint density at radius 2 is 2.11 bits per heavy atom. The molecular weight excluding hydrogens is 244 g/mol. The van der Waals surface area contributed by atoms with Crippen LogP contribution in [0.3, 0.4) is 0 Å². The Labute approximate surface area is 114 Å². The van der Waals surface area contributed by atoms with Crippen molar-refractivity contribution in [3.63, 3.8) is 0 Å². The lowest BCUT2D eigenvalue weighted by molar-refractivity contribution is -0.143. The number of carboxylic acids is 1. The molecule has 0 saturated carbocycles. The number of rotatable bonds is 6. The second-order valence-electron chi connectivity index (χ2n) is 5.01. The largest absolute Gasteiger partial charge is 0.480 e. The van der Waals surface area contributed by atoms with E-state index in [1.54, 1.807) is 23.8 Å². The highest BCUT2D eigenvalue weighted by Gasteiger charge is 2.23. The summed E-state index contributed by atoms with van der Waals surface area (Å²) >= 11 is 0. The average Bonchev–Trinajstić information content (AvgIpc) is 2.39. The van der Waals surface area contributed by atoms with E-state index in [9.17, 15) is 9.59 Å². The highest BCUT2D eigenvalue weighted by Crippen LogP contribution is 2.21. The summed E-state index contributed by atoms with van der Waals surface area (Å²) in [5.74, 6) is -0.929. The minimum absolute atomic E-state index is 0.0220. The first kappa shape index (κ1) is 15.7. The number of allylic oxidation sites excluding steroid dienone is 2. The lowest BCUT2D eigenvalue weighted by Gasteiger charge is -2.29. The monoisotopic (exact) mass is 268 g/mol. The van der Waals surface area contributed by atoms with Gasteiger partial charge >= 0.3 is 5.97 Å². The molecule has 5 nitrogen and oxygen atoms in total. The van der Waals surface area contributed by atoms with Gasteiger partial charge in [0.05, 0.1) is 6.54 Å². The van der Waals surface area contributed by atoms with Crippen molar-refractivity contribution in [2.75, 3.05) is 20.1 Å². The molecule has 5 heteroatoms. The van der Waals surface area contributed by atoms with Gasteiger partial charge in [-0.1, -0.05) is 6.08 Å². The molecule has 1 aliphatic carbocycles. The molecule has 0 aromatic carbocycles. The predicted octanol–water partition coefficient (Wildman–Crippen LogP) is 1.70. The van der Waals surface area contributed by atoms with Crippen molar-refractivity contribution in [1.82, 2.24) is 9.80 Å². The van der Waals surface area contributed by atoms with E-state index in [1.807, 2.05) is 6.92 Å². The summed E-state index contributed by atoms with van der Waals surface area (Å²) in [6, 6.07) is -0.650. The van der Waals surface area contributed by atoms with Crippen molar-refractivity contribution in [2.45, 2.75) is 45.6 Å². The van der Waals surface area contributed by atoms with Gasteiger partial charge < -0.3 is 10.0 Å². The van der Waals surface area contributed by atoms with Crippen LogP contribution in [0.2, 0.25) is 0 Å². The molecule has 1 N–H and O–H groups in total. The third-order valence-corrected chi connectivity index (χ3v) is 3.63. The molecule has 19 heavy (non-hydrogen) atoms. The van der Waals surface area contributed by atoms with E-state index in [-0.39, 0.29) is 12.5 Å². The maximum Gasteiger partial charge on any atom is 0.320 e. The smallest absolute Gasteiger partial charge is 0.320 e. The zero-order valence-corrected chi connectivity index (χ0v) is 12.1. The summed E-state index contributed by atoms with van der Waals surface area (Å²) < 4.78 is 0. The molecule has 0 saturated heterocycles. The van der Waals surface area contributed by atoms with Gasteiger partial charge in [-0.15, -0.1) is 0 Å². The number of likely N-dealkylation sites (N-methyl/N-ethyl adjacent to an activating group) is 2. The predicted molar refractivity (Wildman–Crippen MR) is 73.7 cm³/mol. The molecule has 1 atom stereocenters. The van der Waals surface area contributed by atoms with Crippen molar-refractivity contribution in [2.24, 2.45) is 0 Å². The fraction of sp³-hybridized carbons (Fsp3) is 0.714. The number of amides is 1. The number of aliphatic carboxylic acids is 1. The summed E-state index contributed by atoms with van der Waals surface area (Å²) in [6.07, 6.45) is 6.41. The van der Waals surface area contributed by atoms with Gasteiger partial charge in [0.15, 0.2) is 0 Å². The Bertz CT molecular complexity index is 366. The van der Waals surface area contributed by atoms with E-state index in [0.29, 0.717) is 6.54 Å².